The number of benzene rings is 1. The molecule has 4 nitrogen and oxygen atoms in total. The van der Waals surface area contributed by atoms with Gasteiger partial charge in [-0.25, -0.2) is 4.79 Å². The van der Waals surface area contributed by atoms with E-state index in [1.807, 2.05) is 31.2 Å². The molecule has 0 bridgehead atoms. The molecule has 2 rings (SSSR count). The van der Waals surface area contributed by atoms with Crippen LogP contribution in [0.1, 0.15) is 26.2 Å². The molecule has 98 valence electrons. The first-order valence-corrected chi connectivity index (χ1v) is 6.52. The van der Waals surface area contributed by atoms with E-state index in [1.54, 1.807) is 0 Å². The maximum absolute atomic E-state index is 12.0. The van der Waals surface area contributed by atoms with Gasteiger partial charge in [-0.2, -0.15) is 0 Å². The Morgan fingerprint density at radius 1 is 1.44 bits per heavy atom. The first-order chi connectivity index (χ1) is 8.74. The third-order valence-corrected chi connectivity index (χ3v) is 3.31. The minimum Gasteiger partial charge on any atom is -0.464 e. The van der Waals surface area contributed by atoms with Crippen molar-refractivity contribution in [3.63, 3.8) is 0 Å². The lowest BCUT2D eigenvalue weighted by Crippen LogP contribution is -2.46. The maximum Gasteiger partial charge on any atom is 0.328 e. The number of anilines is 2. The SMILES string of the molecule is CCOC(=O)[C@@H]1CCCCN1c1ccccc1N. The van der Waals surface area contributed by atoms with E-state index >= 15 is 0 Å². The van der Waals surface area contributed by atoms with Gasteiger partial charge in [-0.15, -0.1) is 0 Å². The number of ether oxygens (including phenoxy) is 1. The quantitative estimate of drug-likeness (QED) is 0.658. The van der Waals surface area contributed by atoms with E-state index in [0.29, 0.717) is 12.3 Å². The van der Waals surface area contributed by atoms with Gasteiger partial charge in [0.25, 0.3) is 0 Å². The number of nitrogen functional groups attached to an aromatic ring is 1. The first-order valence-electron chi connectivity index (χ1n) is 6.52. The molecule has 1 aromatic carbocycles. The molecule has 1 aliphatic heterocycles. The molecule has 1 heterocycles. The molecule has 0 spiro atoms. The molecule has 2 N–H and O–H groups in total. The normalized spacial score (nSPS) is 19.6. The zero-order valence-corrected chi connectivity index (χ0v) is 10.8. The van der Waals surface area contributed by atoms with Crippen molar-refractivity contribution in [2.75, 3.05) is 23.8 Å². The molecular formula is C14H20N2O2. The van der Waals surface area contributed by atoms with Gasteiger partial charge in [0.1, 0.15) is 6.04 Å². The summed E-state index contributed by atoms with van der Waals surface area (Å²) < 4.78 is 5.15. The predicted molar refractivity (Wildman–Crippen MR) is 72.5 cm³/mol. The minimum absolute atomic E-state index is 0.138. The summed E-state index contributed by atoms with van der Waals surface area (Å²) in [5.74, 6) is -0.138. The number of nitrogens with zero attached hydrogens (tertiary/aromatic N) is 1. The number of esters is 1. The van der Waals surface area contributed by atoms with Crippen LogP contribution >= 0.6 is 0 Å². The molecule has 18 heavy (non-hydrogen) atoms. The van der Waals surface area contributed by atoms with Crippen molar-refractivity contribution in [3.8, 4) is 0 Å². The third kappa shape index (κ3) is 2.58. The smallest absolute Gasteiger partial charge is 0.328 e. The molecule has 0 aliphatic carbocycles. The minimum atomic E-state index is -0.191. The van der Waals surface area contributed by atoms with Crippen LogP contribution in [0.4, 0.5) is 11.4 Å². The molecule has 1 aliphatic rings. The molecule has 1 aromatic rings. The van der Waals surface area contributed by atoms with Gasteiger partial charge >= 0.3 is 5.97 Å². The van der Waals surface area contributed by atoms with E-state index < -0.39 is 0 Å². The van der Waals surface area contributed by atoms with Crippen LogP contribution in [-0.4, -0.2) is 25.2 Å². The molecule has 0 saturated carbocycles. The van der Waals surface area contributed by atoms with E-state index in [9.17, 15) is 4.79 Å². The Morgan fingerprint density at radius 2 is 2.22 bits per heavy atom. The summed E-state index contributed by atoms with van der Waals surface area (Å²) >= 11 is 0. The van der Waals surface area contributed by atoms with Crippen LogP contribution in [0.15, 0.2) is 24.3 Å². The van der Waals surface area contributed by atoms with Crippen molar-refractivity contribution in [2.45, 2.75) is 32.2 Å². The number of piperidine rings is 1. The highest BCUT2D eigenvalue weighted by Crippen LogP contribution is 2.29. The molecular weight excluding hydrogens is 228 g/mol. The summed E-state index contributed by atoms with van der Waals surface area (Å²) in [6.45, 7) is 3.12. The second kappa shape index (κ2) is 5.76. The highest BCUT2D eigenvalue weighted by molar-refractivity contribution is 5.82. The summed E-state index contributed by atoms with van der Waals surface area (Å²) in [5.41, 5.74) is 7.65. The van der Waals surface area contributed by atoms with Crippen LogP contribution < -0.4 is 10.6 Å². The maximum atomic E-state index is 12.0. The molecule has 0 aromatic heterocycles. The van der Waals surface area contributed by atoms with Gasteiger partial charge in [-0.05, 0) is 38.3 Å². The van der Waals surface area contributed by atoms with Gasteiger partial charge in [0.2, 0.25) is 0 Å². The lowest BCUT2D eigenvalue weighted by atomic mass is 10.0. The lowest BCUT2D eigenvalue weighted by molar-refractivity contribution is -0.145. The van der Waals surface area contributed by atoms with E-state index in [0.717, 1.165) is 31.5 Å². The standard InChI is InChI=1S/C14H20N2O2/c1-2-18-14(17)13-9-5-6-10-16(13)12-8-4-3-7-11(12)15/h3-4,7-8,13H,2,5-6,9-10,15H2,1H3/t13-/m0/s1. The molecule has 1 fully saturated rings. The van der Waals surface area contributed by atoms with Gasteiger partial charge in [0.05, 0.1) is 18.0 Å². The van der Waals surface area contributed by atoms with Crippen molar-refractivity contribution in [1.29, 1.82) is 0 Å². The zero-order valence-electron chi connectivity index (χ0n) is 10.8. The van der Waals surface area contributed by atoms with Crippen molar-refractivity contribution < 1.29 is 9.53 Å². The van der Waals surface area contributed by atoms with Crippen molar-refractivity contribution in [2.24, 2.45) is 0 Å². The second-order valence-corrected chi connectivity index (χ2v) is 4.52. The van der Waals surface area contributed by atoms with E-state index in [2.05, 4.69) is 4.90 Å². The molecule has 0 radical (unpaired) electrons. The molecule has 1 atom stereocenters. The summed E-state index contributed by atoms with van der Waals surface area (Å²) in [5, 5.41) is 0. The zero-order chi connectivity index (χ0) is 13.0. The topological polar surface area (TPSA) is 55.6 Å². The van der Waals surface area contributed by atoms with Crippen LogP contribution in [0.5, 0.6) is 0 Å². The average Bonchev–Trinajstić information content (AvgIpc) is 2.40. The molecule has 1 saturated heterocycles. The van der Waals surface area contributed by atoms with Crippen LogP contribution in [0.2, 0.25) is 0 Å². The molecule has 4 heteroatoms. The monoisotopic (exact) mass is 248 g/mol. The Labute approximate surface area is 108 Å². The number of carbonyl (C=O) groups is 1. The average molecular weight is 248 g/mol. The van der Waals surface area contributed by atoms with Gasteiger partial charge in [0, 0.05) is 6.54 Å². The third-order valence-electron chi connectivity index (χ3n) is 3.31. The van der Waals surface area contributed by atoms with E-state index in [-0.39, 0.29) is 12.0 Å². The number of hydrogen-bond donors (Lipinski definition) is 1. The Kier molecular flexibility index (Phi) is 4.07. The Bertz CT molecular complexity index is 420. The summed E-state index contributed by atoms with van der Waals surface area (Å²) in [7, 11) is 0. The summed E-state index contributed by atoms with van der Waals surface area (Å²) in [4.78, 5) is 14.1. The number of rotatable bonds is 3. The fourth-order valence-corrected chi connectivity index (χ4v) is 2.45. The van der Waals surface area contributed by atoms with Gasteiger partial charge in [0.15, 0.2) is 0 Å². The van der Waals surface area contributed by atoms with Crippen molar-refractivity contribution in [1.82, 2.24) is 0 Å². The van der Waals surface area contributed by atoms with Crippen LogP contribution in [0.3, 0.4) is 0 Å². The van der Waals surface area contributed by atoms with Crippen LogP contribution in [0.25, 0.3) is 0 Å². The largest absolute Gasteiger partial charge is 0.464 e. The summed E-state index contributed by atoms with van der Waals surface area (Å²) in [6, 6.07) is 7.49. The van der Waals surface area contributed by atoms with Gasteiger partial charge < -0.3 is 15.4 Å². The Balaban J connectivity index is 2.23. The Hall–Kier alpha value is -1.71. The lowest BCUT2D eigenvalue weighted by Gasteiger charge is -2.36. The highest BCUT2D eigenvalue weighted by atomic mass is 16.5. The van der Waals surface area contributed by atoms with Crippen molar-refractivity contribution >= 4 is 17.3 Å². The highest BCUT2D eigenvalue weighted by Gasteiger charge is 2.30. The number of para-hydroxylation sites is 2. The molecule has 0 unspecified atom stereocenters. The Morgan fingerprint density at radius 3 is 2.94 bits per heavy atom. The van der Waals surface area contributed by atoms with E-state index in [4.69, 9.17) is 10.5 Å². The van der Waals surface area contributed by atoms with Crippen molar-refractivity contribution in [3.05, 3.63) is 24.3 Å². The number of nitrogens with two attached hydrogens (primary N) is 1. The van der Waals surface area contributed by atoms with Gasteiger partial charge in [-0.3, -0.25) is 0 Å². The number of hydrogen-bond acceptors (Lipinski definition) is 4. The number of carbonyl (C=O) groups excluding carboxylic acids is 1. The van der Waals surface area contributed by atoms with Crippen LogP contribution in [0, 0.1) is 0 Å². The molecule has 0 amide bonds. The predicted octanol–water partition coefficient (Wildman–Crippen LogP) is 2.19. The van der Waals surface area contributed by atoms with Crippen LogP contribution in [-0.2, 0) is 9.53 Å². The fourth-order valence-electron chi connectivity index (χ4n) is 2.45. The van der Waals surface area contributed by atoms with E-state index in [1.165, 1.54) is 0 Å². The second-order valence-electron chi connectivity index (χ2n) is 4.52. The summed E-state index contributed by atoms with van der Waals surface area (Å²) in [6.07, 6.45) is 2.99. The first kappa shape index (κ1) is 12.7. The van der Waals surface area contributed by atoms with Gasteiger partial charge in [-0.1, -0.05) is 12.1 Å². The fraction of sp³-hybridized carbons (Fsp3) is 0.500.